The van der Waals surface area contributed by atoms with Crippen LogP contribution < -0.4 is 4.74 Å². The molecule has 0 radical (unpaired) electrons. The number of alkyl halides is 3. The molecule has 1 aliphatic rings. The molecule has 2 aromatic carbocycles. The number of halogens is 4. The molecule has 0 spiro atoms. The lowest BCUT2D eigenvalue weighted by atomic mass is 9.73. The molecule has 1 aliphatic heterocycles. The zero-order chi connectivity index (χ0) is 25.8. The van der Waals surface area contributed by atoms with Gasteiger partial charge in [-0.3, -0.25) is 4.79 Å². The monoisotopic (exact) mass is 552 g/mol. The van der Waals surface area contributed by atoms with Gasteiger partial charge < -0.3 is 19.7 Å². The fraction of sp³-hybridized carbons (Fsp3) is 0.423. The molecular weight excluding hydrogens is 525 g/mol. The number of fused-ring (bicyclic) bond motifs is 2. The Labute approximate surface area is 210 Å². The standard InChI is InChI=1S/C26H28BrF3N2O3/c1-24(2,20-12-18(27)10-15-7-8-35-22(15)20)14-25(34,26(28,29)30)13-19-11-17-9-16(23(33)32(3)4)5-6-21(17)31-19/h5-6,9-12,31,34H,7-8,13-14H2,1-4H3. The van der Waals surface area contributed by atoms with E-state index < -0.39 is 30.0 Å². The number of hydrogen-bond acceptors (Lipinski definition) is 3. The van der Waals surface area contributed by atoms with Crippen molar-refractivity contribution in [1.82, 2.24) is 9.88 Å². The van der Waals surface area contributed by atoms with Crippen LogP contribution in [0.15, 0.2) is 40.9 Å². The Morgan fingerprint density at radius 3 is 2.54 bits per heavy atom. The van der Waals surface area contributed by atoms with Crippen LogP contribution in [-0.2, 0) is 18.3 Å². The molecule has 0 aliphatic carbocycles. The fourth-order valence-electron chi connectivity index (χ4n) is 4.86. The number of aliphatic hydroxyl groups is 1. The van der Waals surface area contributed by atoms with Crippen molar-refractivity contribution in [3.63, 3.8) is 0 Å². The molecular formula is C26H28BrF3N2O3. The number of carbonyl (C=O) groups excluding carboxylic acids is 1. The van der Waals surface area contributed by atoms with Crippen LogP contribution in [0.2, 0.25) is 0 Å². The van der Waals surface area contributed by atoms with E-state index in [2.05, 4.69) is 20.9 Å². The zero-order valence-corrected chi connectivity index (χ0v) is 21.6. The molecule has 3 aromatic rings. The predicted molar refractivity (Wildman–Crippen MR) is 132 cm³/mol. The number of ether oxygens (including phenoxy) is 1. The van der Waals surface area contributed by atoms with Crippen molar-refractivity contribution < 1.29 is 27.8 Å². The number of aromatic amines is 1. The minimum Gasteiger partial charge on any atom is -0.493 e. The number of hydrogen-bond donors (Lipinski definition) is 2. The van der Waals surface area contributed by atoms with E-state index in [-0.39, 0.29) is 11.6 Å². The topological polar surface area (TPSA) is 65.6 Å². The van der Waals surface area contributed by atoms with Gasteiger partial charge in [0.1, 0.15) is 5.75 Å². The lowest BCUT2D eigenvalue weighted by Crippen LogP contribution is -2.51. The number of aromatic nitrogens is 1. The summed E-state index contributed by atoms with van der Waals surface area (Å²) in [7, 11) is 3.26. The molecule has 2 N–H and O–H groups in total. The van der Waals surface area contributed by atoms with Crippen molar-refractivity contribution in [3.8, 4) is 5.75 Å². The molecule has 1 amide bonds. The predicted octanol–water partition coefficient (Wildman–Crippen LogP) is 5.77. The number of nitrogens with zero attached hydrogens (tertiary/aromatic N) is 1. The molecule has 0 bridgehead atoms. The second-order valence-corrected chi connectivity index (χ2v) is 11.0. The number of benzene rings is 2. The Balaban J connectivity index is 1.68. The maximum absolute atomic E-state index is 14.3. The summed E-state index contributed by atoms with van der Waals surface area (Å²) in [4.78, 5) is 16.7. The van der Waals surface area contributed by atoms with Crippen molar-refractivity contribution in [3.05, 3.63) is 63.3 Å². The maximum atomic E-state index is 14.3. The average Bonchev–Trinajstić information content (AvgIpc) is 3.36. The van der Waals surface area contributed by atoms with E-state index in [0.717, 1.165) is 10.0 Å². The van der Waals surface area contributed by atoms with Gasteiger partial charge in [0.2, 0.25) is 0 Å². The SMILES string of the molecule is CN(C)C(=O)c1ccc2[nH]c(CC(O)(CC(C)(C)c3cc(Br)cc4c3OCC4)C(F)(F)F)cc2c1. The number of rotatable bonds is 6. The Morgan fingerprint density at radius 1 is 1.17 bits per heavy atom. The van der Waals surface area contributed by atoms with E-state index in [1.54, 1.807) is 58.3 Å². The van der Waals surface area contributed by atoms with Crippen molar-refractivity contribution >= 4 is 32.7 Å². The Hall–Kier alpha value is -2.52. The fourth-order valence-corrected chi connectivity index (χ4v) is 5.36. The third-order valence-corrected chi connectivity index (χ3v) is 7.01. The molecule has 2 heterocycles. The molecule has 0 saturated carbocycles. The maximum Gasteiger partial charge on any atom is 0.417 e. The first-order valence-corrected chi connectivity index (χ1v) is 12.1. The Bertz CT molecular complexity index is 1280. The Morgan fingerprint density at radius 2 is 1.89 bits per heavy atom. The van der Waals surface area contributed by atoms with Gasteiger partial charge in [0.25, 0.3) is 5.91 Å². The minimum absolute atomic E-state index is 0.202. The van der Waals surface area contributed by atoms with Crippen LogP contribution in [0.1, 0.15) is 47.4 Å². The second-order valence-electron chi connectivity index (χ2n) is 10.1. The number of amides is 1. The largest absolute Gasteiger partial charge is 0.493 e. The highest BCUT2D eigenvalue weighted by molar-refractivity contribution is 9.10. The summed E-state index contributed by atoms with van der Waals surface area (Å²) in [6.45, 7) is 3.86. The van der Waals surface area contributed by atoms with Gasteiger partial charge in [0, 0.05) is 59.1 Å². The summed E-state index contributed by atoms with van der Waals surface area (Å²) in [5.41, 5.74) is -1.20. The molecule has 9 heteroatoms. The third kappa shape index (κ3) is 4.93. The lowest BCUT2D eigenvalue weighted by Gasteiger charge is -2.38. The quantitative estimate of drug-likeness (QED) is 0.408. The van der Waals surface area contributed by atoms with Crippen LogP contribution in [0.25, 0.3) is 10.9 Å². The van der Waals surface area contributed by atoms with E-state index in [4.69, 9.17) is 4.74 Å². The molecule has 0 saturated heterocycles. The van der Waals surface area contributed by atoms with E-state index in [9.17, 15) is 23.1 Å². The summed E-state index contributed by atoms with van der Waals surface area (Å²) in [6, 6.07) is 10.2. The molecule has 1 atom stereocenters. The summed E-state index contributed by atoms with van der Waals surface area (Å²) in [5.74, 6) is 0.401. The van der Waals surface area contributed by atoms with Gasteiger partial charge >= 0.3 is 6.18 Å². The van der Waals surface area contributed by atoms with Crippen molar-refractivity contribution in [1.29, 1.82) is 0 Å². The van der Waals surface area contributed by atoms with Gasteiger partial charge in [-0.25, -0.2) is 0 Å². The first-order valence-electron chi connectivity index (χ1n) is 11.3. The lowest BCUT2D eigenvalue weighted by molar-refractivity contribution is -0.266. The minimum atomic E-state index is -4.87. The molecule has 0 fully saturated rings. The highest BCUT2D eigenvalue weighted by atomic mass is 79.9. The second kappa shape index (κ2) is 8.85. The van der Waals surface area contributed by atoms with E-state index in [1.807, 2.05) is 6.07 Å². The number of nitrogens with one attached hydrogen (secondary N) is 1. The van der Waals surface area contributed by atoms with Gasteiger partial charge in [-0.05, 0) is 53.8 Å². The molecule has 1 unspecified atom stereocenters. The average molecular weight is 553 g/mol. The smallest absolute Gasteiger partial charge is 0.417 e. The Kier molecular flexibility index (Phi) is 6.47. The first-order chi connectivity index (χ1) is 16.2. The van der Waals surface area contributed by atoms with E-state index >= 15 is 0 Å². The van der Waals surface area contributed by atoms with Crippen molar-refractivity contribution in [2.75, 3.05) is 20.7 Å². The number of carbonyl (C=O) groups is 1. The molecule has 35 heavy (non-hydrogen) atoms. The van der Waals surface area contributed by atoms with Crippen LogP contribution in [0.5, 0.6) is 5.75 Å². The summed E-state index contributed by atoms with van der Waals surface area (Å²) in [6.07, 6.45) is -5.39. The van der Waals surface area contributed by atoms with Gasteiger partial charge in [-0.1, -0.05) is 29.8 Å². The number of H-pyrrole nitrogens is 1. The highest BCUT2D eigenvalue weighted by Gasteiger charge is 2.56. The van der Waals surface area contributed by atoms with Crippen LogP contribution in [0, 0.1) is 0 Å². The van der Waals surface area contributed by atoms with Crippen molar-refractivity contribution in [2.45, 2.75) is 50.3 Å². The van der Waals surface area contributed by atoms with Crippen molar-refractivity contribution in [2.24, 2.45) is 0 Å². The normalized spacial score (nSPS) is 15.6. The van der Waals surface area contributed by atoms with Gasteiger partial charge in [-0.15, -0.1) is 0 Å². The van der Waals surface area contributed by atoms with Gasteiger partial charge in [0.05, 0.1) is 6.61 Å². The summed E-state index contributed by atoms with van der Waals surface area (Å²) in [5, 5.41) is 11.7. The molecule has 5 nitrogen and oxygen atoms in total. The molecule has 188 valence electrons. The molecule has 4 rings (SSSR count). The van der Waals surface area contributed by atoms with Gasteiger partial charge in [-0.2, -0.15) is 13.2 Å². The van der Waals surface area contributed by atoms with E-state index in [1.165, 1.54) is 4.90 Å². The highest BCUT2D eigenvalue weighted by Crippen LogP contribution is 2.47. The molecule has 1 aromatic heterocycles. The summed E-state index contributed by atoms with van der Waals surface area (Å²) < 4.78 is 49.6. The van der Waals surface area contributed by atoms with Crippen LogP contribution in [0.3, 0.4) is 0 Å². The van der Waals surface area contributed by atoms with Crippen LogP contribution >= 0.6 is 15.9 Å². The first kappa shape index (κ1) is 25.6. The van der Waals surface area contributed by atoms with E-state index in [0.29, 0.717) is 40.8 Å². The third-order valence-electron chi connectivity index (χ3n) is 6.55. The van der Waals surface area contributed by atoms with Gasteiger partial charge in [0.15, 0.2) is 5.60 Å². The summed E-state index contributed by atoms with van der Waals surface area (Å²) >= 11 is 3.45. The van der Waals surface area contributed by atoms with Crippen LogP contribution in [-0.4, -0.2) is 53.4 Å². The zero-order valence-electron chi connectivity index (χ0n) is 20.0. The van der Waals surface area contributed by atoms with Crippen LogP contribution in [0.4, 0.5) is 13.2 Å².